The summed E-state index contributed by atoms with van der Waals surface area (Å²) in [4.78, 5) is 72.5. The topological polar surface area (TPSA) is 237 Å². The van der Waals surface area contributed by atoms with E-state index in [0.29, 0.717) is 25.7 Å². The van der Waals surface area contributed by atoms with Gasteiger partial charge in [0, 0.05) is 25.7 Å². The fourth-order valence-corrected chi connectivity index (χ4v) is 12.5. The van der Waals surface area contributed by atoms with E-state index >= 15 is 0 Å². The molecule has 3 N–H and O–H groups in total. The molecule has 0 amide bonds. The number of carbonyl (C=O) groups excluding carboxylic acids is 4. The molecule has 0 fully saturated rings. The van der Waals surface area contributed by atoms with E-state index in [1.807, 2.05) is 0 Å². The van der Waals surface area contributed by atoms with Crippen molar-refractivity contribution in [2.45, 2.75) is 393 Å². The van der Waals surface area contributed by atoms with Gasteiger partial charge in [0.2, 0.25) is 0 Å². The van der Waals surface area contributed by atoms with Gasteiger partial charge in [-0.1, -0.05) is 324 Å². The summed E-state index contributed by atoms with van der Waals surface area (Å²) in [7, 11) is -9.90. The van der Waals surface area contributed by atoms with E-state index in [9.17, 15) is 43.2 Å². The molecule has 0 aromatic heterocycles. The Morgan fingerprint density at radius 1 is 0.308 bits per heavy atom. The Labute approximate surface area is 556 Å². The Bertz CT molecular complexity index is 1760. The fourth-order valence-electron chi connectivity index (χ4n) is 11.0. The summed E-state index contributed by atoms with van der Waals surface area (Å²) in [5, 5.41) is 10.6. The Hall–Kier alpha value is -1.94. The number of esters is 4. The first-order valence-corrected chi connectivity index (χ1v) is 40.7. The van der Waals surface area contributed by atoms with E-state index in [-0.39, 0.29) is 25.7 Å². The molecule has 0 spiro atoms. The lowest BCUT2D eigenvalue weighted by atomic mass is 10.00. The van der Waals surface area contributed by atoms with Gasteiger partial charge in [-0.3, -0.25) is 37.3 Å². The molecule has 0 aromatic rings. The van der Waals surface area contributed by atoms with Gasteiger partial charge >= 0.3 is 39.5 Å². The van der Waals surface area contributed by atoms with Crippen molar-refractivity contribution < 1.29 is 80.2 Å². The molecule has 0 aliphatic rings. The molecular weight excluding hydrogens is 1200 g/mol. The van der Waals surface area contributed by atoms with Gasteiger partial charge in [-0.15, -0.1) is 0 Å². The van der Waals surface area contributed by atoms with Crippen LogP contribution >= 0.6 is 15.6 Å². The standard InChI is InChI=1S/C72H140O17P2/c1-6-10-13-16-19-22-24-26-28-29-30-32-34-36-38-41-47-52-57-71(76)88-67(61-83-70(75)56-51-46-40-37-35-33-31-27-25-23-20-17-14-11-7-2)63-86-90(78,79)84-59-66(73)60-85-91(80,81)87-64-68(62-82-69(74)55-50-45-39-21-18-15-12-8-3)89-72(77)58-53-48-43-42-44-49-54-65(5)9-4/h65-68,73H,6-64H2,1-5H3,(H,78,79)(H,80,81)/t65?,66-,67-,68-/m1/s1. The molecule has 0 aliphatic heterocycles. The maximum Gasteiger partial charge on any atom is 0.472 e. The summed E-state index contributed by atoms with van der Waals surface area (Å²) >= 11 is 0. The molecule has 540 valence electrons. The molecule has 0 bridgehead atoms. The van der Waals surface area contributed by atoms with E-state index in [0.717, 1.165) is 102 Å². The van der Waals surface area contributed by atoms with Crippen molar-refractivity contribution in [1.82, 2.24) is 0 Å². The second kappa shape index (κ2) is 65.4. The van der Waals surface area contributed by atoms with E-state index in [1.54, 1.807) is 0 Å². The van der Waals surface area contributed by atoms with Crippen molar-refractivity contribution in [2.24, 2.45) is 5.92 Å². The first kappa shape index (κ1) is 89.1. The van der Waals surface area contributed by atoms with E-state index in [1.165, 1.54) is 193 Å². The number of hydrogen-bond acceptors (Lipinski definition) is 15. The molecule has 3 unspecified atom stereocenters. The number of unbranched alkanes of at least 4 members (excludes halogenated alkanes) is 43. The van der Waals surface area contributed by atoms with Crippen LogP contribution in [0.3, 0.4) is 0 Å². The van der Waals surface area contributed by atoms with Crippen LogP contribution in [0.4, 0.5) is 0 Å². The molecule has 0 heterocycles. The summed E-state index contributed by atoms with van der Waals surface area (Å²) in [6, 6.07) is 0. The first-order chi connectivity index (χ1) is 44.1. The summed E-state index contributed by atoms with van der Waals surface area (Å²) in [5.74, 6) is -1.40. The Kier molecular flexibility index (Phi) is 64.0. The smallest absolute Gasteiger partial charge is 0.462 e. The number of phosphoric ester groups is 2. The minimum absolute atomic E-state index is 0.103. The van der Waals surface area contributed by atoms with E-state index in [2.05, 4.69) is 34.6 Å². The monoisotopic (exact) mass is 1340 g/mol. The third-order valence-corrected chi connectivity index (χ3v) is 19.0. The Morgan fingerprint density at radius 3 is 0.780 bits per heavy atom. The number of rotatable bonds is 72. The molecule has 6 atom stereocenters. The van der Waals surface area contributed by atoms with Crippen LogP contribution in [0.2, 0.25) is 0 Å². The van der Waals surface area contributed by atoms with Crippen molar-refractivity contribution in [3.63, 3.8) is 0 Å². The third kappa shape index (κ3) is 65.1. The molecule has 91 heavy (non-hydrogen) atoms. The quantitative estimate of drug-likeness (QED) is 0.0222. The molecule has 0 rings (SSSR count). The lowest BCUT2D eigenvalue weighted by Crippen LogP contribution is -2.30. The molecule has 0 aliphatic carbocycles. The molecule has 17 nitrogen and oxygen atoms in total. The highest BCUT2D eigenvalue weighted by Gasteiger charge is 2.30. The third-order valence-electron chi connectivity index (χ3n) is 17.1. The van der Waals surface area contributed by atoms with Crippen LogP contribution in [-0.4, -0.2) is 96.7 Å². The van der Waals surface area contributed by atoms with Crippen molar-refractivity contribution in [2.75, 3.05) is 39.6 Å². The second-order valence-corrected chi connectivity index (χ2v) is 29.1. The van der Waals surface area contributed by atoms with Gasteiger partial charge in [-0.25, -0.2) is 9.13 Å². The SMILES string of the molecule is CCCCCCCCCCCCCCCCCCCCC(=O)O[C@H](COC(=O)CCCCCCCCCCCCCCCCC)COP(=O)(O)OC[C@@H](O)COP(=O)(O)OC[C@@H](COC(=O)CCCCCCCCCC)OC(=O)CCCCCCCCC(C)CC. The van der Waals surface area contributed by atoms with Crippen LogP contribution in [0.1, 0.15) is 375 Å². The van der Waals surface area contributed by atoms with Crippen LogP contribution in [-0.2, 0) is 65.4 Å². The predicted molar refractivity (Wildman–Crippen MR) is 368 cm³/mol. The molecule has 0 radical (unpaired) electrons. The highest BCUT2D eigenvalue weighted by molar-refractivity contribution is 7.47. The Morgan fingerprint density at radius 2 is 0.527 bits per heavy atom. The van der Waals surface area contributed by atoms with Crippen LogP contribution in [0.5, 0.6) is 0 Å². The maximum absolute atomic E-state index is 13.0. The zero-order valence-electron chi connectivity index (χ0n) is 59.0. The van der Waals surface area contributed by atoms with Gasteiger partial charge in [0.15, 0.2) is 12.2 Å². The molecule has 0 saturated carbocycles. The van der Waals surface area contributed by atoms with Gasteiger partial charge in [0.25, 0.3) is 0 Å². The lowest BCUT2D eigenvalue weighted by Gasteiger charge is -2.21. The molecular formula is C72H140O17P2. The van der Waals surface area contributed by atoms with Crippen LogP contribution in [0.15, 0.2) is 0 Å². The zero-order valence-corrected chi connectivity index (χ0v) is 60.8. The van der Waals surface area contributed by atoms with Gasteiger partial charge in [0.05, 0.1) is 26.4 Å². The number of aliphatic hydroxyl groups excluding tert-OH is 1. The average molecular weight is 1340 g/mol. The van der Waals surface area contributed by atoms with E-state index < -0.39 is 97.5 Å². The number of hydrogen-bond donors (Lipinski definition) is 3. The summed E-state index contributed by atoms with van der Waals surface area (Å²) in [6.45, 7) is 7.19. The number of ether oxygens (including phenoxy) is 4. The number of phosphoric acid groups is 2. The maximum atomic E-state index is 13.0. The highest BCUT2D eigenvalue weighted by atomic mass is 31.2. The lowest BCUT2D eigenvalue weighted by molar-refractivity contribution is -0.161. The fraction of sp³-hybridized carbons (Fsp3) is 0.944. The van der Waals surface area contributed by atoms with Crippen molar-refractivity contribution in [1.29, 1.82) is 0 Å². The molecule has 19 heteroatoms. The second-order valence-electron chi connectivity index (χ2n) is 26.2. The average Bonchev–Trinajstić information content (AvgIpc) is 3.71. The van der Waals surface area contributed by atoms with Crippen molar-refractivity contribution in [3.05, 3.63) is 0 Å². The normalized spacial score (nSPS) is 14.3. The molecule has 0 saturated heterocycles. The minimum atomic E-state index is -4.95. The highest BCUT2D eigenvalue weighted by Crippen LogP contribution is 2.45. The van der Waals surface area contributed by atoms with Gasteiger partial charge in [0.1, 0.15) is 19.3 Å². The Balaban J connectivity index is 5.20. The van der Waals surface area contributed by atoms with Crippen LogP contribution < -0.4 is 0 Å². The number of aliphatic hydroxyl groups is 1. The summed E-state index contributed by atoms with van der Waals surface area (Å²) < 4.78 is 68.3. The summed E-state index contributed by atoms with van der Waals surface area (Å²) in [6.07, 6.45) is 52.8. The van der Waals surface area contributed by atoms with Gasteiger partial charge in [-0.2, -0.15) is 0 Å². The van der Waals surface area contributed by atoms with Gasteiger partial charge < -0.3 is 33.8 Å². The predicted octanol–water partition coefficient (Wildman–Crippen LogP) is 20.9. The van der Waals surface area contributed by atoms with Crippen LogP contribution in [0.25, 0.3) is 0 Å². The first-order valence-electron chi connectivity index (χ1n) is 37.7. The van der Waals surface area contributed by atoms with Crippen molar-refractivity contribution in [3.8, 4) is 0 Å². The van der Waals surface area contributed by atoms with Crippen LogP contribution in [0, 0.1) is 5.92 Å². The van der Waals surface area contributed by atoms with Gasteiger partial charge in [-0.05, 0) is 31.6 Å². The van der Waals surface area contributed by atoms with E-state index in [4.69, 9.17) is 37.0 Å². The zero-order chi connectivity index (χ0) is 67.0. The largest absolute Gasteiger partial charge is 0.472 e. The molecule has 0 aromatic carbocycles. The summed E-state index contributed by atoms with van der Waals surface area (Å²) in [5.41, 5.74) is 0. The number of carbonyl (C=O) groups is 4. The van der Waals surface area contributed by atoms with Crippen molar-refractivity contribution >= 4 is 39.5 Å². The minimum Gasteiger partial charge on any atom is -0.462 e.